The Morgan fingerprint density at radius 2 is 1.53 bits per heavy atom. The number of ether oxygens (including phenoxy) is 2. The van der Waals surface area contributed by atoms with Crippen molar-refractivity contribution in [1.82, 2.24) is 10.2 Å². The Kier molecular flexibility index (Phi) is 7.44. The van der Waals surface area contributed by atoms with Gasteiger partial charge in [-0.25, -0.2) is 0 Å². The van der Waals surface area contributed by atoms with E-state index in [9.17, 15) is 9.59 Å². The molecule has 0 spiro atoms. The first-order valence-electron chi connectivity index (χ1n) is 11.1. The van der Waals surface area contributed by atoms with Crippen LogP contribution in [-0.4, -0.2) is 50.6 Å². The Bertz CT molecular complexity index is 939. The van der Waals surface area contributed by atoms with Crippen LogP contribution in [0.3, 0.4) is 0 Å². The third kappa shape index (κ3) is 5.61. The number of carbonyl (C=O) groups is 2. The van der Waals surface area contributed by atoms with Crippen LogP contribution in [0.5, 0.6) is 11.5 Å². The van der Waals surface area contributed by atoms with Crippen LogP contribution in [0, 0.1) is 5.92 Å². The van der Waals surface area contributed by atoms with Gasteiger partial charge in [0.05, 0.1) is 14.2 Å². The van der Waals surface area contributed by atoms with Gasteiger partial charge < -0.3 is 19.7 Å². The molecule has 0 atom stereocenters. The Morgan fingerprint density at radius 1 is 0.938 bits per heavy atom. The van der Waals surface area contributed by atoms with Crippen LogP contribution in [0.4, 0.5) is 0 Å². The lowest BCUT2D eigenvalue weighted by molar-refractivity contribution is 0.0684. The number of likely N-dealkylation sites (tertiary alicyclic amines) is 1. The summed E-state index contributed by atoms with van der Waals surface area (Å²) in [6, 6.07) is 13.1. The molecule has 3 rings (SSSR count). The Balaban J connectivity index is 1.49. The summed E-state index contributed by atoms with van der Waals surface area (Å²) < 4.78 is 10.6. The summed E-state index contributed by atoms with van der Waals surface area (Å²) in [6.07, 6.45) is 1.73. The van der Waals surface area contributed by atoms with Crippen molar-refractivity contribution in [3.05, 3.63) is 59.2 Å². The predicted octanol–water partition coefficient (Wildman–Crippen LogP) is 4.28. The molecule has 0 aromatic heterocycles. The smallest absolute Gasteiger partial charge is 0.253 e. The summed E-state index contributed by atoms with van der Waals surface area (Å²) in [7, 11) is 3.13. The Hall–Kier alpha value is -3.02. The predicted molar refractivity (Wildman–Crippen MR) is 126 cm³/mol. The molecule has 0 aliphatic carbocycles. The van der Waals surface area contributed by atoms with Crippen molar-refractivity contribution in [2.75, 3.05) is 33.9 Å². The number of hydrogen-bond donors (Lipinski definition) is 1. The highest BCUT2D eigenvalue weighted by Gasteiger charge is 2.25. The van der Waals surface area contributed by atoms with Gasteiger partial charge in [-0.2, -0.15) is 0 Å². The normalized spacial score (nSPS) is 14.7. The van der Waals surface area contributed by atoms with Gasteiger partial charge in [-0.1, -0.05) is 32.9 Å². The van der Waals surface area contributed by atoms with E-state index < -0.39 is 0 Å². The van der Waals surface area contributed by atoms with Crippen LogP contribution in [0.25, 0.3) is 0 Å². The minimum atomic E-state index is -0.0470. The van der Waals surface area contributed by atoms with Gasteiger partial charge in [0.1, 0.15) is 0 Å². The number of amides is 2. The van der Waals surface area contributed by atoms with E-state index in [2.05, 4.69) is 26.1 Å². The second kappa shape index (κ2) is 10.1. The van der Waals surface area contributed by atoms with Crippen molar-refractivity contribution in [1.29, 1.82) is 0 Å². The van der Waals surface area contributed by atoms with Crippen molar-refractivity contribution in [2.45, 2.75) is 39.0 Å². The zero-order valence-corrected chi connectivity index (χ0v) is 19.7. The third-order valence-corrected chi connectivity index (χ3v) is 6.10. The van der Waals surface area contributed by atoms with E-state index in [4.69, 9.17) is 9.47 Å². The van der Waals surface area contributed by atoms with Crippen molar-refractivity contribution >= 4 is 11.8 Å². The number of hydrogen-bond acceptors (Lipinski definition) is 4. The van der Waals surface area contributed by atoms with Crippen molar-refractivity contribution < 1.29 is 19.1 Å². The van der Waals surface area contributed by atoms with Crippen LogP contribution in [-0.2, 0) is 5.41 Å². The number of nitrogens with one attached hydrogen (secondary N) is 1. The molecule has 1 N–H and O–H groups in total. The molecule has 0 unspecified atom stereocenters. The van der Waals surface area contributed by atoms with Crippen molar-refractivity contribution in [2.24, 2.45) is 5.92 Å². The fourth-order valence-corrected chi connectivity index (χ4v) is 3.95. The maximum absolute atomic E-state index is 12.9. The van der Waals surface area contributed by atoms with Gasteiger partial charge in [0.2, 0.25) is 0 Å². The largest absolute Gasteiger partial charge is 0.493 e. The number of methoxy groups -OCH3 is 2. The first-order chi connectivity index (χ1) is 15.2. The molecule has 1 fully saturated rings. The van der Waals surface area contributed by atoms with E-state index >= 15 is 0 Å². The van der Waals surface area contributed by atoms with Crippen LogP contribution in [0.15, 0.2) is 42.5 Å². The SMILES string of the molecule is COc1ccc(C(=O)N2CCC(CNC(=O)c3ccc(C(C)(C)C)cc3)CC2)cc1OC. The highest BCUT2D eigenvalue weighted by atomic mass is 16.5. The third-order valence-electron chi connectivity index (χ3n) is 6.10. The molecule has 0 saturated carbocycles. The number of rotatable bonds is 6. The van der Waals surface area contributed by atoms with E-state index in [1.807, 2.05) is 29.2 Å². The average molecular weight is 439 g/mol. The first-order valence-corrected chi connectivity index (χ1v) is 11.1. The van der Waals surface area contributed by atoms with Gasteiger partial charge >= 0.3 is 0 Å². The molecule has 2 amide bonds. The summed E-state index contributed by atoms with van der Waals surface area (Å²) in [6.45, 7) is 8.44. The molecule has 6 nitrogen and oxygen atoms in total. The number of nitrogens with zero attached hydrogens (tertiary/aromatic N) is 1. The lowest BCUT2D eigenvalue weighted by Gasteiger charge is -2.32. The van der Waals surface area contributed by atoms with E-state index in [-0.39, 0.29) is 17.2 Å². The molecular weight excluding hydrogens is 404 g/mol. The molecule has 172 valence electrons. The van der Waals surface area contributed by atoms with E-state index in [0.717, 1.165) is 12.8 Å². The standard InChI is InChI=1S/C26H34N2O4/c1-26(2,3)21-9-6-19(7-10-21)24(29)27-17-18-12-14-28(15-13-18)25(30)20-8-11-22(31-4)23(16-20)32-5/h6-11,16,18H,12-15,17H2,1-5H3,(H,27,29). The number of carbonyl (C=O) groups excluding carboxylic acids is 2. The van der Waals surface area contributed by atoms with Gasteiger partial charge in [0, 0.05) is 30.8 Å². The fraction of sp³-hybridized carbons (Fsp3) is 0.462. The van der Waals surface area contributed by atoms with Gasteiger partial charge in [-0.15, -0.1) is 0 Å². The summed E-state index contributed by atoms with van der Waals surface area (Å²) in [4.78, 5) is 27.3. The minimum Gasteiger partial charge on any atom is -0.493 e. The van der Waals surface area contributed by atoms with E-state index in [0.29, 0.717) is 48.2 Å². The monoisotopic (exact) mass is 438 g/mol. The molecular formula is C26H34N2O4. The minimum absolute atomic E-state index is 0.00706. The summed E-state index contributed by atoms with van der Waals surface area (Å²) >= 11 is 0. The molecule has 1 heterocycles. The maximum atomic E-state index is 12.9. The maximum Gasteiger partial charge on any atom is 0.253 e. The molecule has 0 bridgehead atoms. The van der Waals surface area contributed by atoms with E-state index in [1.165, 1.54) is 5.56 Å². The summed E-state index contributed by atoms with van der Waals surface area (Å²) in [5.74, 6) is 1.46. The zero-order chi connectivity index (χ0) is 23.3. The Morgan fingerprint density at radius 3 is 2.09 bits per heavy atom. The molecule has 1 aliphatic rings. The second-order valence-corrected chi connectivity index (χ2v) is 9.34. The molecule has 6 heteroatoms. The van der Waals surface area contributed by atoms with Gasteiger partial charge in [-0.05, 0) is 60.1 Å². The lowest BCUT2D eigenvalue weighted by Crippen LogP contribution is -2.41. The quantitative estimate of drug-likeness (QED) is 0.731. The topological polar surface area (TPSA) is 67.9 Å². The van der Waals surface area contributed by atoms with Crippen LogP contribution < -0.4 is 14.8 Å². The van der Waals surface area contributed by atoms with Gasteiger partial charge in [0.25, 0.3) is 11.8 Å². The van der Waals surface area contributed by atoms with Crippen LogP contribution in [0.1, 0.15) is 59.9 Å². The molecule has 2 aromatic carbocycles. The van der Waals surface area contributed by atoms with E-state index in [1.54, 1.807) is 32.4 Å². The molecule has 0 radical (unpaired) electrons. The highest BCUT2D eigenvalue weighted by molar-refractivity contribution is 5.95. The first kappa shape index (κ1) is 23.6. The lowest BCUT2D eigenvalue weighted by atomic mass is 9.86. The van der Waals surface area contributed by atoms with Crippen molar-refractivity contribution in [3.8, 4) is 11.5 Å². The van der Waals surface area contributed by atoms with Crippen LogP contribution in [0.2, 0.25) is 0 Å². The summed E-state index contributed by atoms with van der Waals surface area (Å²) in [5, 5.41) is 3.06. The van der Waals surface area contributed by atoms with Gasteiger partial charge in [-0.3, -0.25) is 9.59 Å². The fourth-order valence-electron chi connectivity index (χ4n) is 3.95. The zero-order valence-electron chi connectivity index (χ0n) is 19.7. The van der Waals surface area contributed by atoms with Gasteiger partial charge in [0.15, 0.2) is 11.5 Å². The number of piperidine rings is 1. The second-order valence-electron chi connectivity index (χ2n) is 9.34. The van der Waals surface area contributed by atoms with Crippen LogP contribution >= 0.6 is 0 Å². The number of benzene rings is 2. The Labute approximate surface area is 190 Å². The summed E-state index contributed by atoms with van der Waals surface area (Å²) in [5.41, 5.74) is 2.55. The average Bonchev–Trinajstić information content (AvgIpc) is 2.81. The molecule has 1 aliphatic heterocycles. The molecule has 2 aromatic rings. The molecule has 32 heavy (non-hydrogen) atoms. The molecule has 1 saturated heterocycles. The van der Waals surface area contributed by atoms with Crippen molar-refractivity contribution in [3.63, 3.8) is 0 Å². The highest BCUT2D eigenvalue weighted by Crippen LogP contribution is 2.29.